The van der Waals surface area contributed by atoms with Gasteiger partial charge in [-0.25, -0.2) is 0 Å². The summed E-state index contributed by atoms with van der Waals surface area (Å²) in [6.45, 7) is 0. The first kappa shape index (κ1) is 11.2. The van der Waals surface area contributed by atoms with E-state index in [1.165, 1.54) is 51.4 Å². The third-order valence-electron chi connectivity index (χ3n) is 7.44. The molecule has 5 fully saturated rings. The summed E-state index contributed by atoms with van der Waals surface area (Å²) >= 11 is 0. The molecule has 2 nitrogen and oxygen atoms in total. The molecule has 1 heterocycles. The predicted octanol–water partition coefficient (Wildman–Crippen LogP) is 3.40. The van der Waals surface area contributed by atoms with Crippen LogP contribution in [0.3, 0.4) is 0 Å². The van der Waals surface area contributed by atoms with Gasteiger partial charge in [-0.2, -0.15) is 0 Å². The first-order valence-corrected chi connectivity index (χ1v) is 8.53. The van der Waals surface area contributed by atoms with E-state index < -0.39 is 0 Å². The van der Waals surface area contributed by atoms with E-state index in [0.29, 0.717) is 17.9 Å². The van der Waals surface area contributed by atoms with Crippen LogP contribution in [0.15, 0.2) is 0 Å². The Balaban J connectivity index is 1.52. The summed E-state index contributed by atoms with van der Waals surface area (Å²) in [6.07, 6.45) is 11.6. The number of ether oxygens (including phenoxy) is 1. The van der Waals surface area contributed by atoms with Crippen LogP contribution in [0.5, 0.6) is 0 Å². The molecule has 0 aromatic rings. The number of fused-ring (bicyclic) bond motifs is 2. The summed E-state index contributed by atoms with van der Waals surface area (Å²) in [5.41, 5.74) is 0. The van der Waals surface area contributed by atoms with E-state index in [9.17, 15) is 4.79 Å². The number of hydrogen-bond donors (Lipinski definition) is 0. The van der Waals surface area contributed by atoms with Gasteiger partial charge in [-0.3, -0.25) is 4.79 Å². The summed E-state index contributed by atoms with van der Waals surface area (Å²) in [4.78, 5) is 11.9. The van der Waals surface area contributed by atoms with Crippen LogP contribution in [0, 0.1) is 41.4 Å². The van der Waals surface area contributed by atoms with Gasteiger partial charge < -0.3 is 4.74 Å². The summed E-state index contributed by atoms with van der Waals surface area (Å²) in [6, 6.07) is 0. The SMILES string of the molecule is O=C1OC2CC3CCC4CCCC5CCC(C12)C3C45. The van der Waals surface area contributed by atoms with Crippen molar-refractivity contribution in [3.05, 3.63) is 0 Å². The van der Waals surface area contributed by atoms with Gasteiger partial charge in [-0.1, -0.05) is 19.3 Å². The van der Waals surface area contributed by atoms with Crippen molar-refractivity contribution in [3.63, 3.8) is 0 Å². The van der Waals surface area contributed by atoms with Gasteiger partial charge in [0.15, 0.2) is 0 Å². The fourth-order valence-corrected chi connectivity index (χ4v) is 6.90. The van der Waals surface area contributed by atoms with E-state index in [0.717, 1.165) is 29.6 Å². The maximum Gasteiger partial charge on any atom is 0.313 e. The number of carbonyl (C=O) groups is 1. The minimum absolute atomic E-state index is 0.143. The molecule has 4 saturated carbocycles. The highest BCUT2D eigenvalue weighted by Crippen LogP contribution is 2.62. The summed E-state index contributed by atoms with van der Waals surface area (Å²) in [5, 5.41) is 0. The number of carbonyl (C=O) groups excluding carboxylic acids is 1. The van der Waals surface area contributed by atoms with E-state index >= 15 is 0 Å². The van der Waals surface area contributed by atoms with Gasteiger partial charge in [-0.15, -0.1) is 0 Å². The maximum absolute atomic E-state index is 11.9. The molecule has 8 unspecified atom stereocenters. The summed E-state index contributed by atoms with van der Waals surface area (Å²) < 4.78 is 5.44. The molecule has 104 valence electrons. The van der Waals surface area contributed by atoms with Crippen molar-refractivity contribution in [1.82, 2.24) is 0 Å². The van der Waals surface area contributed by atoms with E-state index in [-0.39, 0.29) is 5.97 Å². The monoisotopic (exact) mass is 260 g/mol. The van der Waals surface area contributed by atoms with Crippen LogP contribution in [0.4, 0.5) is 0 Å². The van der Waals surface area contributed by atoms with Gasteiger partial charge in [0.2, 0.25) is 0 Å². The molecule has 0 aromatic heterocycles. The second-order valence-corrected chi connectivity index (χ2v) is 7.92. The van der Waals surface area contributed by atoms with Gasteiger partial charge >= 0.3 is 5.97 Å². The molecular weight excluding hydrogens is 236 g/mol. The Labute approximate surface area is 115 Å². The van der Waals surface area contributed by atoms with Crippen molar-refractivity contribution in [2.45, 2.75) is 57.5 Å². The molecule has 5 rings (SSSR count). The first-order valence-electron chi connectivity index (χ1n) is 8.53. The lowest BCUT2D eigenvalue weighted by atomic mass is 9.45. The Morgan fingerprint density at radius 2 is 1.58 bits per heavy atom. The molecule has 0 aromatic carbocycles. The molecule has 8 atom stereocenters. The minimum atomic E-state index is 0.143. The molecule has 2 heteroatoms. The van der Waals surface area contributed by atoms with Gasteiger partial charge in [0.05, 0.1) is 5.92 Å². The highest BCUT2D eigenvalue weighted by atomic mass is 16.6. The Bertz CT molecular complexity index is 411. The molecule has 0 radical (unpaired) electrons. The number of hydrogen-bond acceptors (Lipinski definition) is 2. The quantitative estimate of drug-likeness (QED) is 0.624. The maximum atomic E-state index is 11.9. The fraction of sp³-hybridized carbons (Fsp3) is 0.941. The fourth-order valence-electron chi connectivity index (χ4n) is 6.90. The van der Waals surface area contributed by atoms with Crippen molar-refractivity contribution in [1.29, 1.82) is 0 Å². The molecule has 5 aliphatic rings. The van der Waals surface area contributed by atoms with Crippen LogP contribution >= 0.6 is 0 Å². The van der Waals surface area contributed by atoms with Crippen LogP contribution in [0.25, 0.3) is 0 Å². The normalized spacial score (nSPS) is 58.4. The van der Waals surface area contributed by atoms with E-state index in [4.69, 9.17) is 4.74 Å². The minimum Gasteiger partial charge on any atom is -0.461 e. The third-order valence-corrected chi connectivity index (χ3v) is 7.44. The molecule has 0 N–H and O–H groups in total. The van der Waals surface area contributed by atoms with Gasteiger partial charge in [-0.05, 0) is 67.6 Å². The van der Waals surface area contributed by atoms with Crippen molar-refractivity contribution < 1.29 is 9.53 Å². The average molecular weight is 260 g/mol. The zero-order valence-corrected chi connectivity index (χ0v) is 11.6. The van der Waals surface area contributed by atoms with Gasteiger partial charge in [0, 0.05) is 0 Å². The standard InChI is InChI=1S/C17H24O2/c18-17-16-12-7-6-10-3-1-2-9-4-5-11(8-13(16)19-17)15(12)14(9)10/h9-16H,1-8H2. The Morgan fingerprint density at radius 1 is 0.842 bits per heavy atom. The molecule has 1 aliphatic heterocycles. The smallest absolute Gasteiger partial charge is 0.313 e. The Kier molecular flexibility index (Phi) is 2.21. The van der Waals surface area contributed by atoms with Crippen molar-refractivity contribution >= 4 is 5.97 Å². The van der Waals surface area contributed by atoms with Crippen molar-refractivity contribution in [2.24, 2.45) is 41.4 Å². The van der Waals surface area contributed by atoms with Crippen LogP contribution in [0.2, 0.25) is 0 Å². The molecule has 19 heavy (non-hydrogen) atoms. The lowest BCUT2D eigenvalue weighted by molar-refractivity contribution is -0.222. The second-order valence-electron chi connectivity index (χ2n) is 7.92. The number of esters is 1. The summed E-state index contributed by atoms with van der Waals surface area (Å²) in [5.74, 6) is 5.94. The second kappa shape index (κ2) is 3.77. The molecule has 0 bridgehead atoms. The van der Waals surface area contributed by atoms with Crippen LogP contribution in [0.1, 0.15) is 51.4 Å². The third kappa shape index (κ3) is 1.36. The predicted molar refractivity (Wildman–Crippen MR) is 71.2 cm³/mol. The van der Waals surface area contributed by atoms with Crippen molar-refractivity contribution in [2.75, 3.05) is 0 Å². The summed E-state index contributed by atoms with van der Waals surface area (Å²) in [7, 11) is 0. The Hall–Kier alpha value is -0.530. The molecule has 4 aliphatic carbocycles. The average Bonchev–Trinajstić information content (AvgIpc) is 2.43. The molecule has 0 amide bonds. The highest BCUT2D eigenvalue weighted by Gasteiger charge is 2.61. The zero-order valence-electron chi connectivity index (χ0n) is 11.6. The van der Waals surface area contributed by atoms with E-state index in [1.807, 2.05) is 0 Å². The molecule has 1 saturated heterocycles. The van der Waals surface area contributed by atoms with E-state index in [1.54, 1.807) is 0 Å². The lowest BCUT2D eigenvalue weighted by Gasteiger charge is -2.61. The largest absolute Gasteiger partial charge is 0.461 e. The lowest BCUT2D eigenvalue weighted by Crippen LogP contribution is -2.61. The topological polar surface area (TPSA) is 26.3 Å². The first-order chi connectivity index (χ1) is 9.33. The van der Waals surface area contributed by atoms with Crippen LogP contribution < -0.4 is 0 Å². The van der Waals surface area contributed by atoms with Crippen molar-refractivity contribution in [3.8, 4) is 0 Å². The van der Waals surface area contributed by atoms with Crippen LogP contribution in [-0.2, 0) is 9.53 Å². The number of rotatable bonds is 0. The van der Waals surface area contributed by atoms with Gasteiger partial charge in [0.1, 0.15) is 6.10 Å². The molecule has 0 spiro atoms. The zero-order chi connectivity index (χ0) is 12.6. The molecular formula is C17H24O2. The van der Waals surface area contributed by atoms with Gasteiger partial charge in [0.25, 0.3) is 0 Å². The van der Waals surface area contributed by atoms with E-state index in [2.05, 4.69) is 0 Å². The Morgan fingerprint density at radius 3 is 2.37 bits per heavy atom. The highest BCUT2D eigenvalue weighted by molar-refractivity contribution is 5.79. The van der Waals surface area contributed by atoms with Crippen LogP contribution in [-0.4, -0.2) is 12.1 Å².